The summed E-state index contributed by atoms with van der Waals surface area (Å²) in [5.74, 6) is 0.883. The number of pyridine rings is 1. The standard InChI is InChI=1S/C9H9FN4/c1-6-4-9(14-13-6)12-8-3-2-7(10)5-11-8/h2-5H,1H3,(H2,11,12,13,14). The summed E-state index contributed by atoms with van der Waals surface area (Å²) in [6.45, 7) is 1.90. The van der Waals surface area contributed by atoms with Crippen molar-refractivity contribution in [3.8, 4) is 0 Å². The largest absolute Gasteiger partial charge is 0.323 e. The van der Waals surface area contributed by atoms with Crippen molar-refractivity contribution in [2.45, 2.75) is 6.92 Å². The smallest absolute Gasteiger partial charge is 0.153 e. The Hall–Kier alpha value is -1.91. The Kier molecular flexibility index (Phi) is 2.14. The quantitative estimate of drug-likeness (QED) is 0.765. The first-order valence-corrected chi connectivity index (χ1v) is 4.14. The van der Waals surface area contributed by atoms with Gasteiger partial charge < -0.3 is 5.32 Å². The molecule has 0 spiro atoms. The van der Waals surface area contributed by atoms with Crippen LogP contribution >= 0.6 is 0 Å². The fourth-order valence-corrected chi connectivity index (χ4v) is 1.06. The number of hydrogen-bond acceptors (Lipinski definition) is 3. The Labute approximate surface area is 80.2 Å². The van der Waals surface area contributed by atoms with Crippen LogP contribution in [0.1, 0.15) is 5.69 Å². The molecule has 0 bridgehead atoms. The second kappa shape index (κ2) is 3.45. The van der Waals surface area contributed by atoms with E-state index >= 15 is 0 Å². The summed E-state index contributed by atoms with van der Waals surface area (Å²) in [5.41, 5.74) is 0.953. The number of aromatic nitrogens is 3. The van der Waals surface area contributed by atoms with Gasteiger partial charge in [-0.25, -0.2) is 9.37 Å². The fourth-order valence-electron chi connectivity index (χ4n) is 1.06. The van der Waals surface area contributed by atoms with Gasteiger partial charge in [-0.2, -0.15) is 5.10 Å². The van der Waals surface area contributed by atoms with E-state index in [9.17, 15) is 4.39 Å². The van der Waals surface area contributed by atoms with E-state index in [2.05, 4.69) is 20.5 Å². The second-order valence-corrected chi connectivity index (χ2v) is 2.92. The summed E-state index contributed by atoms with van der Waals surface area (Å²) in [4.78, 5) is 3.84. The van der Waals surface area contributed by atoms with E-state index in [4.69, 9.17) is 0 Å². The van der Waals surface area contributed by atoms with E-state index < -0.39 is 0 Å². The molecule has 0 amide bonds. The molecule has 2 rings (SSSR count). The third-order valence-electron chi connectivity index (χ3n) is 1.69. The Morgan fingerprint density at radius 2 is 2.21 bits per heavy atom. The number of aryl methyl sites for hydroxylation is 1. The predicted octanol–water partition coefficient (Wildman–Crippen LogP) is 2.00. The predicted molar refractivity (Wildman–Crippen MR) is 50.8 cm³/mol. The molecule has 14 heavy (non-hydrogen) atoms. The van der Waals surface area contributed by atoms with Crippen LogP contribution in [0.15, 0.2) is 24.4 Å². The lowest BCUT2D eigenvalue weighted by Gasteiger charge is -1.99. The first-order chi connectivity index (χ1) is 6.74. The van der Waals surface area contributed by atoms with Gasteiger partial charge in [-0.05, 0) is 19.1 Å². The molecule has 2 N–H and O–H groups in total. The highest BCUT2D eigenvalue weighted by Crippen LogP contribution is 2.11. The zero-order chi connectivity index (χ0) is 9.97. The van der Waals surface area contributed by atoms with Crippen molar-refractivity contribution < 1.29 is 4.39 Å². The fraction of sp³-hybridized carbons (Fsp3) is 0.111. The van der Waals surface area contributed by atoms with Crippen LogP contribution in [0.2, 0.25) is 0 Å². The lowest BCUT2D eigenvalue weighted by atomic mass is 10.4. The molecule has 4 nitrogen and oxygen atoms in total. The van der Waals surface area contributed by atoms with Gasteiger partial charge in [-0.1, -0.05) is 0 Å². The SMILES string of the molecule is Cc1cc(Nc2ccc(F)cn2)n[nH]1. The molecule has 0 atom stereocenters. The van der Waals surface area contributed by atoms with Gasteiger partial charge in [0.05, 0.1) is 6.20 Å². The zero-order valence-corrected chi connectivity index (χ0v) is 7.58. The number of halogens is 1. The molecule has 0 aliphatic carbocycles. The molecule has 0 saturated carbocycles. The number of rotatable bonds is 2. The molecular formula is C9H9FN4. The molecule has 2 aromatic heterocycles. The minimum atomic E-state index is -0.353. The van der Waals surface area contributed by atoms with Gasteiger partial charge >= 0.3 is 0 Å². The average Bonchev–Trinajstić information content (AvgIpc) is 2.56. The van der Waals surface area contributed by atoms with Crippen LogP contribution in [0, 0.1) is 12.7 Å². The lowest BCUT2D eigenvalue weighted by Crippen LogP contribution is -1.93. The topological polar surface area (TPSA) is 53.6 Å². The maximum atomic E-state index is 12.5. The summed E-state index contributed by atoms with van der Waals surface area (Å²) in [5, 5.41) is 9.68. The van der Waals surface area contributed by atoms with Crippen molar-refractivity contribution in [3.05, 3.63) is 35.9 Å². The summed E-state index contributed by atoms with van der Waals surface area (Å²) < 4.78 is 12.5. The maximum absolute atomic E-state index is 12.5. The summed E-state index contributed by atoms with van der Waals surface area (Å²) >= 11 is 0. The van der Waals surface area contributed by atoms with Crippen LogP contribution < -0.4 is 5.32 Å². The highest BCUT2D eigenvalue weighted by Gasteiger charge is 1.99. The van der Waals surface area contributed by atoms with Crippen molar-refractivity contribution in [1.29, 1.82) is 0 Å². The molecule has 2 aromatic rings. The van der Waals surface area contributed by atoms with Gasteiger partial charge in [0.25, 0.3) is 0 Å². The van der Waals surface area contributed by atoms with Crippen molar-refractivity contribution in [2.24, 2.45) is 0 Å². The Morgan fingerprint density at radius 1 is 1.36 bits per heavy atom. The van der Waals surface area contributed by atoms with Crippen LogP contribution in [0.3, 0.4) is 0 Å². The maximum Gasteiger partial charge on any atom is 0.153 e. The van der Waals surface area contributed by atoms with Gasteiger partial charge in [0.15, 0.2) is 5.82 Å². The zero-order valence-electron chi connectivity index (χ0n) is 7.58. The van der Waals surface area contributed by atoms with Crippen LogP contribution in [0.5, 0.6) is 0 Å². The van der Waals surface area contributed by atoms with E-state index in [1.807, 2.05) is 13.0 Å². The third-order valence-corrected chi connectivity index (χ3v) is 1.69. The van der Waals surface area contributed by atoms with E-state index in [1.165, 1.54) is 6.07 Å². The Balaban J connectivity index is 2.15. The number of hydrogen-bond donors (Lipinski definition) is 2. The molecule has 0 unspecified atom stereocenters. The summed E-state index contributed by atoms with van der Waals surface area (Å²) in [6, 6.07) is 4.74. The number of anilines is 2. The lowest BCUT2D eigenvalue weighted by molar-refractivity contribution is 0.622. The Morgan fingerprint density at radius 3 is 2.79 bits per heavy atom. The molecule has 0 radical (unpaired) electrons. The minimum Gasteiger partial charge on any atom is -0.323 e. The van der Waals surface area contributed by atoms with E-state index in [1.54, 1.807) is 6.07 Å². The van der Waals surface area contributed by atoms with Crippen LogP contribution in [-0.2, 0) is 0 Å². The van der Waals surface area contributed by atoms with Crippen LogP contribution in [-0.4, -0.2) is 15.2 Å². The molecule has 0 saturated heterocycles. The van der Waals surface area contributed by atoms with E-state index in [0.29, 0.717) is 11.6 Å². The number of H-pyrrole nitrogens is 1. The average molecular weight is 192 g/mol. The van der Waals surface area contributed by atoms with Crippen LogP contribution in [0.4, 0.5) is 16.0 Å². The van der Waals surface area contributed by atoms with Gasteiger partial charge in [0, 0.05) is 11.8 Å². The van der Waals surface area contributed by atoms with Crippen molar-refractivity contribution >= 4 is 11.6 Å². The van der Waals surface area contributed by atoms with Gasteiger partial charge in [0.2, 0.25) is 0 Å². The molecule has 5 heteroatoms. The molecular weight excluding hydrogens is 183 g/mol. The van der Waals surface area contributed by atoms with E-state index in [-0.39, 0.29) is 5.82 Å². The first-order valence-electron chi connectivity index (χ1n) is 4.14. The van der Waals surface area contributed by atoms with Crippen molar-refractivity contribution in [1.82, 2.24) is 15.2 Å². The molecule has 2 heterocycles. The first kappa shape index (κ1) is 8.68. The van der Waals surface area contributed by atoms with E-state index in [0.717, 1.165) is 11.9 Å². The number of aromatic amines is 1. The molecule has 0 aromatic carbocycles. The molecule has 72 valence electrons. The van der Waals surface area contributed by atoms with Crippen molar-refractivity contribution in [3.63, 3.8) is 0 Å². The van der Waals surface area contributed by atoms with Gasteiger partial charge in [0.1, 0.15) is 11.6 Å². The monoisotopic (exact) mass is 192 g/mol. The Bertz CT molecular complexity index is 421. The second-order valence-electron chi connectivity index (χ2n) is 2.92. The number of nitrogens with one attached hydrogen (secondary N) is 2. The van der Waals surface area contributed by atoms with Crippen molar-refractivity contribution in [2.75, 3.05) is 5.32 Å². The molecule has 0 aliphatic rings. The third kappa shape index (κ3) is 1.87. The molecule has 0 fully saturated rings. The summed E-state index contributed by atoms with van der Waals surface area (Å²) in [7, 11) is 0. The highest BCUT2D eigenvalue weighted by atomic mass is 19.1. The summed E-state index contributed by atoms with van der Waals surface area (Å²) in [6.07, 6.45) is 1.15. The van der Waals surface area contributed by atoms with Crippen LogP contribution in [0.25, 0.3) is 0 Å². The molecule has 0 aliphatic heterocycles. The highest BCUT2D eigenvalue weighted by molar-refractivity contribution is 5.51. The van der Waals surface area contributed by atoms with Gasteiger partial charge in [-0.15, -0.1) is 0 Å². The number of nitrogens with zero attached hydrogens (tertiary/aromatic N) is 2. The van der Waals surface area contributed by atoms with Gasteiger partial charge in [-0.3, -0.25) is 5.10 Å². The normalized spacial score (nSPS) is 10.1. The minimum absolute atomic E-state index is 0.353.